The molecule has 1 aliphatic carbocycles. The molecule has 5 nitrogen and oxygen atoms in total. The van der Waals surface area contributed by atoms with Crippen LogP contribution in [0.15, 0.2) is 0 Å². The van der Waals surface area contributed by atoms with Gasteiger partial charge in [0.05, 0.1) is 0 Å². The van der Waals surface area contributed by atoms with Gasteiger partial charge in [0.15, 0.2) is 0 Å². The fraction of sp³-hybridized carbons (Fsp3) is 0.833. The first-order valence-electron chi connectivity index (χ1n) is 6.46. The van der Waals surface area contributed by atoms with Gasteiger partial charge in [-0.3, -0.25) is 4.79 Å². The molecule has 1 aliphatic heterocycles. The van der Waals surface area contributed by atoms with Crippen LogP contribution in [-0.4, -0.2) is 54.5 Å². The van der Waals surface area contributed by atoms with E-state index in [1.807, 2.05) is 4.90 Å². The number of hydrogen-bond donors (Lipinski definition) is 1. The molecule has 2 fully saturated rings. The number of rotatable bonds is 3. The molecule has 0 bridgehead atoms. The van der Waals surface area contributed by atoms with Crippen LogP contribution in [0, 0.1) is 0 Å². The Balaban J connectivity index is 1.72. The van der Waals surface area contributed by atoms with Crippen molar-refractivity contribution < 1.29 is 9.59 Å². The lowest BCUT2D eigenvalue weighted by Gasteiger charge is -2.29. The molecule has 3 amide bonds. The van der Waals surface area contributed by atoms with Crippen molar-refractivity contribution in [3.63, 3.8) is 0 Å². The molecule has 0 aromatic heterocycles. The normalized spacial score (nSPS) is 19.9. The summed E-state index contributed by atoms with van der Waals surface area (Å²) in [7, 11) is 1.68. The minimum absolute atomic E-state index is 0.0637. The van der Waals surface area contributed by atoms with Crippen molar-refractivity contribution >= 4 is 11.9 Å². The zero-order valence-corrected chi connectivity index (χ0v) is 10.4. The molecule has 0 unspecified atom stereocenters. The SMILES string of the molecule is CN(CC(=O)N1CCCC1)C(=O)NC1CCC1. The Bertz CT molecular complexity index is 296. The summed E-state index contributed by atoms with van der Waals surface area (Å²) >= 11 is 0. The van der Waals surface area contributed by atoms with Crippen LogP contribution in [0.3, 0.4) is 0 Å². The molecular weight excluding hydrogens is 218 g/mol. The highest BCUT2D eigenvalue weighted by Crippen LogP contribution is 2.18. The van der Waals surface area contributed by atoms with Crippen LogP contribution < -0.4 is 5.32 Å². The van der Waals surface area contributed by atoms with E-state index < -0.39 is 0 Å². The van der Waals surface area contributed by atoms with Crippen molar-refractivity contribution in [1.82, 2.24) is 15.1 Å². The Morgan fingerprint density at radius 2 is 1.88 bits per heavy atom. The summed E-state index contributed by atoms with van der Waals surface area (Å²) in [5.41, 5.74) is 0. The number of nitrogens with one attached hydrogen (secondary N) is 1. The predicted octanol–water partition coefficient (Wildman–Crippen LogP) is 0.803. The standard InChI is InChI=1S/C12H21N3O2/c1-14(12(17)13-10-5-4-6-10)9-11(16)15-7-2-3-8-15/h10H,2-9H2,1H3,(H,13,17). The molecule has 2 rings (SSSR count). The van der Waals surface area contributed by atoms with Crippen LogP contribution >= 0.6 is 0 Å². The Morgan fingerprint density at radius 3 is 2.41 bits per heavy atom. The average Bonchev–Trinajstić information content (AvgIpc) is 2.76. The number of likely N-dealkylation sites (tertiary alicyclic amines) is 1. The molecule has 0 radical (unpaired) electrons. The quantitative estimate of drug-likeness (QED) is 0.792. The highest BCUT2D eigenvalue weighted by molar-refractivity contribution is 5.84. The van der Waals surface area contributed by atoms with E-state index in [9.17, 15) is 9.59 Å². The third-order valence-electron chi connectivity index (χ3n) is 3.61. The van der Waals surface area contributed by atoms with E-state index in [2.05, 4.69) is 5.32 Å². The molecule has 1 saturated carbocycles. The van der Waals surface area contributed by atoms with Crippen molar-refractivity contribution in [2.75, 3.05) is 26.7 Å². The monoisotopic (exact) mass is 239 g/mol. The van der Waals surface area contributed by atoms with Crippen LogP contribution in [0.5, 0.6) is 0 Å². The molecule has 0 spiro atoms. The first kappa shape index (κ1) is 12.2. The lowest BCUT2D eigenvalue weighted by Crippen LogP contribution is -2.48. The number of nitrogens with zero attached hydrogens (tertiary/aromatic N) is 2. The maximum atomic E-state index is 11.8. The van der Waals surface area contributed by atoms with Gasteiger partial charge in [0.2, 0.25) is 5.91 Å². The molecule has 0 aromatic rings. The van der Waals surface area contributed by atoms with Gasteiger partial charge in [-0.2, -0.15) is 0 Å². The number of amides is 3. The zero-order valence-electron chi connectivity index (χ0n) is 10.4. The molecular formula is C12H21N3O2. The highest BCUT2D eigenvalue weighted by Gasteiger charge is 2.24. The number of hydrogen-bond acceptors (Lipinski definition) is 2. The third kappa shape index (κ3) is 3.11. The van der Waals surface area contributed by atoms with E-state index in [4.69, 9.17) is 0 Å². The van der Waals surface area contributed by atoms with Crippen molar-refractivity contribution in [2.24, 2.45) is 0 Å². The number of carbonyl (C=O) groups excluding carboxylic acids is 2. The molecule has 96 valence electrons. The van der Waals surface area contributed by atoms with Crippen LogP contribution in [0.2, 0.25) is 0 Å². The minimum atomic E-state index is -0.123. The number of urea groups is 1. The summed E-state index contributed by atoms with van der Waals surface area (Å²) in [6, 6.07) is 0.203. The summed E-state index contributed by atoms with van der Waals surface area (Å²) in [5.74, 6) is 0.0637. The second-order valence-corrected chi connectivity index (χ2v) is 5.02. The summed E-state index contributed by atoms with van der Waals surface area (Å²) < 4.78 is 0. The predicted molar refractivity (Wildman–Crippen MR) is 64.6 cm³/mol. The molecule has 2 aliphatic rings. The Hall–Kier alpha value is -1.26. The lowest BCUT2D eigenvalue weighted by atomic mass is 9.93. The Kier molecular flexibility index (Phi) is 3.86. The summed E-state index contributed by atoms with van der Waals surface area (Å²) in [6.07, 6.45) is 5.51. The molecule has 0 aromatic carbocycles. The maximum absolute atomic E-state index is 11.8. The van der Waals surface area contributed by atoms with Crippen LogP contribution in [0.1, 0.15) is 32.1 Å². The summed E-state index contributed by atoms with van der Waals surface area (Å²) in [4.78, 5) is 26.9. The van der Waals surface area contributed by atoms with Crippen LogP contribution in [-0.2, 0) is 4.79 Å². The van der Waals surface area contributed by atoms with E-state index in [1.165, 1.54) is 11.3 Å². The first-order valence-corrected chi connectivity index (χ1v) is 6.46. The maximum Gasteiger partial charge on any atom is 0.317 e. The second-order valence-electron chi connectivity index (χ2n) is 5.02. The third-order valence-corrected chi connectivity index (χ3v) is 3.61. The molecule has 1 N–H and O–H groups in total. The second kappa shape index (κ2) is 5.38. The van der Waals surface area contributed by atoms with Crippen molar-refractivity contribution in [3.05, 3.63) is 0 Å². The van der Waals surface area contributed by atoms with Gasteiger partial charge in [0.1, 0.15) is 6.54 Å². The number of likely N-dealkylation sites (N-methyl/N-ethyl adjacent to an activating group) is 1. The molecule has 1 heterocycles. The van der Waals surface area contributed by atoms with Gasteiger partial charge in [-0.1, -0.05) is 0 Å². The van der Waals surface area contributed by atoms with E-state index in [-0.39, 0.29) is 18.5 Å². The van der Waals surface area contributed by atoms with Crippen LogP contribution in [0.4, 0.5) is 4.79 Å². The van der Waals surface area contributed by atoms with Gasteiger partial charge in [0, 0.05) is 26.2 Å². The highest BCUT2D eigenvalue weighted by atomic mass is 16.2. The van der Waals surface area contributed by atoms with Gasteiger partial charge < -0.3 is 15.1 Å². The lowest BCUT2D eigenvalue weighted by molar-refractivity contribution is -0.130. The van der Waals surface area contributed by atoms with Gasteiger partial charge >= 0.3 is 6.03 Å². The van der Waals surface area contributed by atoms with Crippen LogP contribution in [0.25, 0.3) is 0 Å². The smallest absolute Gasteiger partial charge is 0.317 e. The van der Waals surface area contributed by atoms with Gasteiger partial charge in [-0.15, -0.1) is 0 Å². The fourth-order valence-electron chi connectivity index (χ4n) is 2.18. The van der Waals surface area contributed by atoms with E-state index >= 15 is 0 Å². The Morgan fingerprint density at radius 1 is 1.24 bits per heavy atom. The summed E-state index contributed by atoms with van der Waals surface area (Å²) in [5, 5.41) is 2.93. The minimum Gasteiger partial charge on any atom is -0.341 e. The van der Waals surface area contributed by atoms with Crippen molar-refractivity contribution in [3.8, 4) is 0 Å². The van der Waals surface area contributed by atoms with Crippen molar-refractivity contribution in [2.45, 2.75) is 38.1 Å². The number of carbonyl (C=O) groups is 2. The topological polar surface area (TPSA) is 52.7 Å². The molecule has 1 saturated heterocycles. The average molecular weight is 239 g/mol. The molecule has 0 atom stereocenters. The van der Waals surface area contributed by atoms with Gasteiger partial charge in [-0.25, -0.2) is 4.79 Å². The van der Waals surface area contributed by atoms with E-state index in [0.717, 1.165) is 38.8 Å². The van der Waals surface area contributed by atoms with Crippen molar-refractivity contribution in [1.29, 1.82) is 0 Å². The van der Waals surface area contributed by atoms with E-state index in [1.54, 1.807) is 7.05 Å². The molecule has 5 heteroatoms. The summed E-state index contributed by atoms with van der Waals surface area (Å²) in [6.45, 7) is 1.88. The van der Waals surface area contributed by atoms with E-state index in [0.29, 0.717) is 6.04 Å². The zero-order chi connectivity index (χ0) is 12.3. The Labute approximate surface area is 102 Å². The first-order chi connectivity index (χ1) is 8.16. The fourth-order valence-corrected chi connectivity index (χ4v) is 2.18. The van der Waals surface area contributed by atoms with Gasteiger partial charge in [0.25, 0.3) is 0 Å². The molecule has 17 heavy (non-hydrogen) atoms. The van der Waals surface area contributed by atoms with Gasteiger partial charge in [-0.05, 0) is 32.1 Å². The largest absolute Gasteiger partial charge is 0.341 e.